The van der Waals surface area contributed by atoms with E-state index >= 15 is 0 Å². The Kier molecular flexibility index (Phi) is 5.15. The van der Waals surface area contributed by atoms with Crippen LogP contribution in [0.1, 0.15) is 41.1 Å². The minimum absolute atomic E-state index is 0.234. The molecule has 1 aromatic heterocycles. The number of allylic oxidation sites excluding steroid dienone is 1. The summed E-state index contributed by atoms with van der Waals surface area (Å²) in [6, 6.07) is 10.0. The Hall–Kier alpha value is -1.98. The largest absolute Gasteiger partial charge is 0.469 e. The van der Waals surface area contributed by atoms with E-state index in [0.717, 1.165) is 51.8 Å². The van der Waals surface area contributed by atoms with E-state index in [1.54, 1.807) is 0 Å². The molecular weight excluding hydrogens is 428 g/mol. The molecular formula is C21H18BrClN2O2. The summed E-state index contributed by atoms with van der Waals surface area (Å²) >= 11 is 9.97. The fourth-order valence-corrected chi connectivity index (χ4v) is 4.40. The molecule has 0 saturated heterocycles. The number of esters is 1. The second-order valence-corrected chi connectivity index (χ2v) is 8.06. The lowest BCUT2D eigenvalue weighted by atomic mass is 9.93. The third-order valence-electron chi connectivity index (χ3n) is 5.13. The Bertz CT molecular complexity index is 967. The highest BCUT2D eigenvalue weighted by atomic mass is 79.9. The van der Waals surface area contributed by atoms with Crippen molar-refractivity contribution in [3.8, 4) is 0 Å². The highest BCUT2D eigenvalue weighted by Crippen LogP contribution is 2.41. The number of pyridine rings is 1. The summed E-state index contributed by atoms with van der Waals surface area (Å²) in [4.78, 5) is 20.7. The molecule has 0 saturated carbocycles. The molecule has 6 heteroatoms. The molecule has 1 aromatic carbocycles. The Balaban J connectivity index is 1.51. The van der Waals surface area contributed by atoms with Gasteiger partial charge in [-0.2, -0.15) is 0 Å². The van der Waals surface area contributed by atoms with Crippen LogP contribution in [0.15, 0.2) is 51.2 Å². The lowest BCUT2D eigenvalue weighted by Crippen LogP contribution is -2.09. The normalized spacial score (nSPS) is 18.5. The summed E-state index contributed by atoms with van der Waals surface area (Å²) in [5.41, 5.74) is 6.48. The zero-order valence-electron chi connectivity index (χ0n) is 14.8. The molecule has 0 spiro atoms. The van der Waals surface area contributed by atoms with Gasteiger partial charge in [0.05, 0.1) is 19.2 Å². The summed E-state index contributed by atoms with van der Waals surface area (Å²) in [5.74, 6) is -0.0107. The van der Waals surface area contributed by atoms with Gasteiger partial charge in [-0.15, -0.1) is 0 Å². The minimum Gasteiger partial charge on any atom is -0.469 e. The Morgan fingerprint density at radius 2 is 2.11 bits per heavy atom. The maximum atomic E-state index is 11.4. The summed E-state index contributed by atoms with van der Waals surface area (Å²) in [6.07, 6.45) is 4.89. The van der Waals surface area contributed by atoms with Gasteiger partial charge in [0.2, 0.25) is 0 Å². The Morgan fingerprint density at radius 3 is 2.85 bits per heavy atom. The highest BCUT2D eigenvalue weighted by Gasteiger charge is 2.32. The van der Waals surface area contributed by atoms with Crippen LogP contribution < -0.4 is 0 Å². The number of carbonyl (C=O) groups is 1. The van der Waals surface area contributed by atoms with Crippen LogP contribution in [0.25, 0.3) is 5.57 Å². The summed E-state index contributed by atoms with van der Waals surface area (Å²) in [5, 5.41) is 0.552. The van der Waals surface area contributed by atoms with Crippen molar-refractivity contribution in [2.75, 3.05) is 7.11 Å². The number of hydrogen-bond donors (Lipinski definition) is 0. The smallest absolute Gasteiger partial charge is 0.309 e. The van der Waals surface area contributed by atoms with Crippen molar-refractivity contribution in [3.05, 3.63) is 68.5 Å². The number of nitrogens with zero attached hydrogens (tertiary/aromatic N) is 2. The van der Waals surface area contributed by atoms with Crippen molar-refractivity contribution in [1.82, 2.24) is 4.98 Å². The SMILES string of the molecule is COC(=O)Cc1ccc(C2=C(Cl)N=C(C3CCc4cc(Br)cnc43)C2)cc1. The van der Waals surface area contributed by atoms with Crippen molar-refractivity contribution in [2.24, 2.45) is 4.99 Å². The van der Waals surface area contributed by atoms with E-state index in [1.807, 2.05) is 30.5 Å². The van der Waals surface area contributed by atoms with Gasteiger partial charge < -0.3 is 4.74 Å². The van der Waals surface area contributed by atoms with E-state index in [1.165, 1.54) is 12.7 Å². The molecule has 2 aromatic rings. The molecule has 0 N–H and O–H groups in total. The Labute approximate surface area is 171 Å². The van der Waals surface area contributed by atoms with Gasteiger partial charge in [0, 0.05) is 34.3 Å². The van der Waals surface area contributed by atoms with Crippen LogP contribution in [-0.2, 0) is 22.4 Å². The number of aliphatic imine (C=N–C) groups is 1. The average Bonchev–Trinajstić information content (AvgIpc) is 3.25. The number of rotatable bonds is 4. The predicted molar refractivity (Wildman–Crippen MR) is 110 cm³/mol. The second-order valence-electron chi connectivity index (χ2n) is 6.79. The average molecular weight is 446 g/mol. The quantitative estimate of drug-likeness (QED) is 0.489. The maximum absolute atomic E-state index is 11.4. The van der Waals surface area contributed by atoms with Crippen molar-refractivity contribution in [3.63, 3.8) is 0 Å². The van der Waals surface area contributed by atoms with Crippen LogP contribution >= 0.6 is 27.5 Å². The van der Waals surface area contributed by atoms with Gasteiger partial charge in [-0.3, -0.25) is 9.78 Å². The molecule has 0 radical (unpaired) electrons. The number of benzene rings is 1. The number of carbonyl (C=O) groups excluding carboxylic acids is 1. The van der Waals surface area contributed by atoms with E-state index in [4.69, 9.17) is 16.3 Å². The fraction of sp³-hybridized carbons (Fsp3) is 0.286. The summed E-state index contributed by atoms with van der Waals surface area (Å²) in [6.45, 7) is 0. The second kappa shape index (κ2) is 7.56. The molecule has 4 nitrogen and oxygen atoms in total. The number of aryl methyl sites for hydroxylation is 1. The molecule has 0 bridgehead atoms. The molecule has 0 fully saturated rings. The molecule has 1 aliphatic heterocycles. The van der Waals surface area contributed by atoms with Gasteiger partial charge >= 0.3 is 5.97 Å². The first kappa shape index (κ1) is 18.4. The molecule has 1 unspecified atom stereocenters. The number of halogens is 2. The van der Waals surface area contributed by atoms with Crippen molar-refractivity contribution in [1.29, 1.82) is 0 Å². The van der Waals surface area contributed by atoms with Crippen LogP contribution in [0, 0.1) is 0 Å². The topological polar surface area (TPSA) is 51.5 Å². The third-order valence-corrected chi connectivity index (χ3v) is 5.88. The van der Waals surface area contributed by atoms with E-state index < -0.39 is 0 Å². The number of hydrogen-bond acceptors (Lipinski definition) is 4. The van der Waals surface area contributed by atoms with Gasteiger partial charge in [0.25, 0.3) is 0 Å². The van der Waals surface area contributed by atoms with E-state index in [-0.39, 0.29) is 18.3 Å². The van der Waals surface area contributed by atoms with Gasteiger partial charge in [0.15, 0.2) is 0 Å². The van der Waals surface area contributed by atoms with Gasteiger partial charge in [-0.1, -0.05) is 35.9 Å². The lowest BCUT2D eigenvalue weighted by molar-refractivity contribution is -0.139. The van der Waals surface area contributed by atoms with Crippen molar-refractivity contribution in [2.45, 2.75) is 31.6 Å². The van der Waals surface area contributed by atoms with E-state index in [9.17, 15) is 4.79 Å². The molecule has 0 amide bonds. The highest BCUT2D eigenvalue weighted by molar-refractivity contribution is 9.10. The first-order chi connectivity index (χ1) is 13.0. The van der Waals surface area contributed by atoms with Gasteiger partial charge in [-0.05, 0) is 51.5 Å². The molecule has 2 aliphatic rings. The summed E-state index contributed by atoms with van der Waals surface area (Å²) < 4.78 is 5.72. The standard InChI is InChI=1S/C21H18BrClN2O2/c1-27-19(26)8-12-2-4-13(5-3-12)17-10-18(25-21(17)23)16-7-6-14-9-15(22)11-24-20(14)16/h2-5,9,11,16H,6-8,10H2,1H3. The molecule has 138 valence electrons. The molecule has 4 rings (SSSR count). The van der Waals surface area contributed by atoms with E-state index in [2.05, 4.69) is 32.0 Å². The first-order valence-corrected chi connectivity index (χ1v) is 9.99. The Morgan fingerprint density at radius 1 is 1.33 bits per heavy atom. The zero-order chi connectivity index (χ0) is 19.0. The molecule has 27 heavy (non-hydrogen) atoms. The molecule has 1 atom stereocenters. The maximum Gasteiger partial charge on any atom is 0.309 e. The minimum atomic E-state index is -0.245. The van der Waals surface area contributed by atoms with Crippen LogP contribution in [0.4, 0.5) is 0 Å². The summed E-state index contributed by atoms with van der Waals surface area (Å²) in [7, 11) is 1.40. The van der Waals surface area contributed by atoms with Crippen molar-refractivity contribution >= 4 is 44.8 Å². The zero-order valence-corrected chi connectivity index (χ0v) is 17.2. The monoisotopic (exact) mass is 444 g/mol. The van der Waals surface area contributed by atoms with E-state index in [0.29, 0.717) is 5.16 Å². The third kappa shape index (κ3) is 3.71. The number of methoxy groups -OCH3 is 1. The fourth-order valence-electron chi connectivity index (χ4n) is 3.74. The number of ether oxygens (including phenoxy) is 1. The van der Waals surface area contributed by atoms with Gasteiger partial charge in [-0.25, -0.2) is 4.99 Å². The first-order valence-electron chi connectivity index (χ1n) is 8.81. The number of fused-ring (bicyclic) bond motifs is 1. The van der Waals surface area contributed by atoms with Gasteiger partial charge in [0.1, 0.15) is 5.16 Å². The van der Waals surface area contributed by atoms with Crippen LogP contribution in [-0.4, -0.2) is 23.8 Å². The van der Waals surface area contributed by atoms with Crippen LogP contribution in [0.2, 0.25) is 0 Å². The molecule has 2 heterocycles. The number of aromatic nitrogens is 1. The van der Waals surface area contributed by atoms with Crippen LogP contribution in [0.5, 0.6) is 0 Å². The van der Waals surface area contributed by atoms with Crippen molar-refractivity contribution < 1.29 is 9.53 Å². The molecule has 1 aliphatic carbocycles. The lowest BCUT2D eigenvalue weighted by Gasteiger charge is -2.12. The predicted octanol–water partition coefficient (Wildman–Crippen LogP) is 5.04. The van der Waals surface area contributed by atoms with Crippen LogP contribution in [0.3, 0.4) is 0 Å².